The Kier molecular flexibility index (Phi) is 5.74. The number of nitrogens with one attached hydrogen (secondary N) is 1. The molecule has 1 fully saturated rings. The molecule has 25 heavy (non-hydrogen) atoms. The number of halogens is 4. The van der Waals surface area contributed by atoms with Crippen molar-refractivity contribution in [1.29, 1.82) is 0 Å². The Balaban J connectivity index is 0.00000225. The fourth-order valence-corrected chi connectivity index (χ4v) is 2.85. The van der Waals surface area contributed by atoms with Gasteiger partial charge in [0.1, 0.15) is 0 Å². The summed E-state index contributed by atoms with van der Waals surface area (Å²) >= 11 is 0. The van der Waals surface area contributed by atoms with Gasteiger partial charge in [0.2, 0.25) is 5.91 Å². The lowest BCUT2D eigenvalue weighted by Crippen LogP contribution is -2.23. The molecule has 0 aliphatic heterocycles. The Bertz CT molecular complexity index is 747. The second-order valence-corrected chi connectivity index (χ2v) is 5.98. The molecule has 1 aliphatic rings. The first kappa shape index (κ1) is 19.3. The van der Waals surface area contributed by atoms with Crippen LogP contribution >= 0.6 is 12.4 Å². The Morgan fingerprint density at radius 2 is 2.08 bits per heavy atom. The molecule has 1 amide bonds. The second kappa shape index (κ2) is 7.45. The largest absolute Gasteiger partial charge is 0.416 e. The molecule has 0 spiro atoms. The van der Waals surface area contributed by atoms with Gasteiger partial charge in [-0.15, -0.1) is 12.4 Å². The van der Waals surface area contributed by atoms with Crippen LogP contribution in [-0.4, -0.2) is 21.7 Å². The number of hydrogen-bond donors (Lipinski definition) is 2. The number of aromatic nitrogens is 2. The average Bonchev–Trinajstić information content (AvgIpc) is 3.16. The van der Waals surface area contributed by atoms with Crippen molar-refractivity contribution in [2.75, 3.05) is 5.32 Å². The van der Waals surface area contributed by atoms with Gasteiger partial charge in [0.25, 0.3) is 0 Å². The Labute approximate surface area is 148 Å². The zero-order chi connectivity index (χ0) is 17.3. The van der Waals surface area contributed by atoms with Crippen LogP contribution in [0.3, 0.4) is 0 Å². The van der Waals surface area contributed by atoms with Gasteiger partial charge < -0.3 is 11.1 Å². The maximum atomic E-state index is 12.8. The number of benzene rings is 1. The van der Waals surface area contributed by atoms with Crippen LogP contribution in [0.25, 0.3) is 5.69 Å². The second-order valence-electron chi connectivity index (χ2n) is 5.98. The van der Waals surface area contributed by atoms with E-state index in [1.54, 1.807) is 0 Å². The molecule has 5 nitrogen and oxygen atoms in total. The van der Waals surface area contributed by atoms with Gasteiger partial charge in [-0.2, -0.15) is 18.3 Å². The summed E-state index contributed by atoms with van der Waals surface area (Å²) in [5.74, 6) is -0.261. The molecule has 1 saturated carbocycles. The fourth-order valence-electron chi connectivity index (χ4n) is 2.85. The van der Waals surface area contributed by atoms with E-state index in [2.05, 4.69) is 10.4 Å². The first-order valence-corrected chi connectivity index (χ1v) is 7.61. The highest BCUT2D eigenvalue weighted by Gasteiger charge is 2.31. The van der Waals surface area contributed by atoms with Gasteiger partial charge in [-0.25, -0.2) is 4.68 Å². The molecule has 9 heteroatoms. The van der Waals surface area contributed by atoms with E-state index < -0.39 is 11.7 Å². The van der Waals surface area contributed by atoms with E-state index >= 15 is 0 Å². The molecule has 2 atom stereocenters. The first-order chi connectivity index (χ1) is 11.3. The molecule has 136 valence electrons. The molecular weight excluding hydrogens is 357 g/mol. The highest BCUT2D eigenvalue weighted by Crippen LogP contribution is 2.30. The van der Waals surface area contributed by atoms with Crippen LogP contribution in [0.1, 0.15) is 24.8 Å². The molecule has 0 radical (unpaired) electrons. The van der Waals surface area contributed by atoms with Crippen molar-refractivity contribution in [2.45, 2.75) is 31.5 Å². The van der Waals surface area contributed by atoms with Crippen LogP contribution in [0, 0.1) is 5.92 Å². The van der Waals surface area contributed by atoms with Crippen LogP contribution in [0.15, 0.2) is 36.7 Å². The van der Waals surface area contributed by atoms with E-state index in [0.717, 1.165) is 25.0 Å². The third-order valence-electron chi connectivity index (χ3n) is 4.13. The maximum absolute atomic E-state index is 12.8. The van der Waals surface area contributed by atoms with Crippen LogP contribution in [0.2, 0.25) is 0 Å². The molecule has 1 heterocycles. The normalized spacial score (nSPS) is 20.2. The minimum atomic E-state index is -4.42. The van der Waals surface area contributed by atoms with Crippen LogP contribution in [0.5, 0.6) is 0 Å². The zero-order valence-corrected chi connectivity index (χ0v) is 14.0. The van der Waals surface area contributed by atoms with Crippen LogP contribution < -0.4 is 11.1 Å². The minimum absolute atomic E-state index is 0. The Morgan fingerprint density at radius 3 is 2.72 bits per heavy atom. The van der Waals surface area contributed by atoms with Gasteiger partial charge in [0, 0.05) is 12.0 Å². The molecule has 3 N–H and O–H groups in total. The average molecular weight is 375 g/mol. The SMILES string of the molecule is Cl.NC1CCC(C(=O)Nc2cnn(-c3cccc(C(F)(F)F)c3)c2)C1. The summed E-state index contributed by atoms with van der Waals surface area (Å²) in [4.78, 5) is 12.1. The first-order valence-electron chi connectivity index (χ1n) is 7.61. The Hall–Kier alpha value is -2.06. The number of amides is 1. The smallest absolute Gasteiger partial charge is 0.328 e. The van der Waals surface area contributed by atoms with Gasteiger partial charge in [-0.05, 0) is 37.5 Å². The molecule has 3 rings (SSSR count). The lowest BCUT2D eigenvalue weighted by Gasteiger charge is -2.09. The quantitative estimate of drug-likeness (QED) is 0.865. The highest BCUT2D eigenvalue weighted by molar-refractivity contribution is 5.92. The number of anilines is 1. The number of nitrogens with zero attached hydrogens (tertiary/aromatic N) is 2. The predicted molar refractivity (Wildman–Crippen MR) is 89.8 cm³/mol. The van der Waals surface area contributed by atoms with E-state index in [9.17, 15) is 18.0 Å². The van der Waals surface area contributed by atoms with Gasteiger partial charge in [0.15, 0.2) is 0 Å². The molecule has 2 unspecified atom stereocenters. The number of rotatable bonds is 3. The monoisotopic (exact) mass is 374 g/mol. The van der Waals surface area contributed by atoms with Crippen molar-refractivity contribution < 1.29 is 18.0 Å². The summed E-state index contributed by atoms with van der Waals surface area (Å²) in [5, 5.41) is 6.75. The molecule has 2 aromatic rings. The lowest BCUT2D eigenvalue weighted by molar-refractivity contribution is -0.137. The van der Waals surface area contributed by atoms with Gasteiger partial charge >= 0.3 is 6.18 Å². The molecule has 0 saturated heterocycles. The molecule has 1 aromatic carbocycles. The minimum Gasteiger partial charge on any atom is -0.328 e. The fraction of sp³-hybridized carbons (Fsp3) is 0.375. The number of carbonyl (C=O) groups excluding carboxylic acids is 1. The van der Waals surface area contributed by atoms with Crippen molar-refractivity contribution in [3.63, 3.8) is 0 Å². The van der Waals surface area contributed by atoms with Crippen LogP contribution in [0.4, 0.5) is 18.9 Å². The Morgan fingerprint density at radius 1 is 1.32 bits per heavy atom. The van der Waals surface area contributed by atoms with Crippen molar-refractivity contribution in [3.05, 3.63) is 42.2 Å². The topological polar surface area (TPSA) is 72.9 Å². The van der Waals surface area contributed by atoms with Gasteiger partial charge in [0.05, 0.1) is 29.3 Å². The van der Waals surface area contributed by atoms with Crippen molar-refractivity contribution in [1.82, 2.24) is 9.78 Å². The maximum Gasteiger partial charge on any atom is 0.416 e. The third kappa shape index (κ3) is 4.52. The standard InChI is InChI=1S/C16H17F3N4O.ClH/c17-16(18,19)11-2-1-3-14(7-11)23-9-13(8-21-23)22-15(24)10-4-5-12(20)6-10;/h1-3,7-10,12H,4-6,20H2,(H,22,24);1H. The molecule has 1 aliphatic carbocycles. The van der Waals surface area contributed by atoms with E-state index in [-0.39, 0.29) is 36.0 Å². The van der Waals surface area contributed by atoms with Crippen molar-refractivity contribution in [2.24, 2.45) is 11.7 Å². The number of hydrogen-bond acceptors (Lipinski definition) is 3. The van der Waals surface area contributed by atoms with E-state index in [1.165, 1.54) is 29.2 Å². The molecular formula is C16H18ClF3N4O. The number of carbonyl (C=O) groups is 1. The summed E-state index contributed by atoms with van der Waals surface area (Å²) < 4.78 is 39.6. The lowest BCUT2D eigenvalue weighted by atomic mass is 10.1. The van der Waals surface area contributed by atoms with Gasteiger partial charge in [-0.1, -0.05) is 6.07 Å². The summed E-state index contributed by atoms with van der Waals surface area (Å²) in [7, 11) is 0. The van der Waals surface area contributed by atoms with E-state index in [4.69, 9.17) is 5.73 Å². The highest BCUT2D eigenvalue weighted by atomic mass is 35.5. The summed E-state index contributed by atoms with van der Waals surface area (Å²) in [5.41, 5.74) is 5.76. The molecule has 0 bridgehead atoms. The van der Waals surface area contributed by atoms with Crippen molar-refractivity contribution >= 4 is 24.0 Å². The molecule has 1 aromatic heterocycles. The summed E-state index contributed by atoms with van der Waals surface area (Å²) in [6.45, 7) is 0. The van der Waals surface area contributed by atoms with Crippen LogP contribution in [-0.2, 0) is 11.0 Å². The van der Waals surface area contributed by atoms with E-state index in [1.807, 2.05) is 0 Å². The number of alkyl halides is 3. The summed E-state index contributed by atoms with van der Waals surface area (Å²) in [6.07, 6.45) is 0.695. The van der Waals surface area contributed by atoms with Crippen molar-refractivity contribution in [3.8, 4) is 5.69 Å². The zero-order valence-electron chi connectivity index (χ0n) is 13.2. The number of nitrogens with two attached hydrogens (primary N) is 1. The van der Waals surface area contributed by atoms with Gasteiger partial charge in [-0.3, -0.25) is 4.79 Å². The third-order valence-corrected chi connectivity index (χ3v) is 4.13. The van der Waals surface area contributed by atoms with E-state index in [0.29, 0.717) is 12.1 Å². The predicted octanol–water partition coefficient (Wildman–Crippen LogP) is 3.38. The summed E-state index contributed by atoms with van der Waals surface area (Å²) in [6, 6.07) is 4.89.